The van der Waals surface area contributed by atoms with Crippen LogP contribution in [0.5, 0.6) is 0 Å². The van der Waals surface area contributed by atoms with E-state index in [0.29, 0.717) is 12.1 Å². The summed E-state index contributed by atoms with van der Waals surface area (Å²) in [5.41, 5.74) is 1.54. The summed E-state index contributed by atoms with van der Waals surface area (Å²) in [4.78, 5) is 4.18. The molecule has 0 aliphatic carbocycles. The van der Waals surface area contributed by atoms with E-state index >= 15 is 0 Å². The van der Waals surface area contributed by atoms with Crippen LogP contribution in [-0.4, -0.2) is 31.2 Å². The van der Waals surface area contributed by atoms with Gasteiger partial charge in [-0.2, -0.15) is 0 Å². The molecule has 2 rings (SSSR count). The van der Waals surface area contributed by atoms with Crippen molar-refractivity contribution in [1.29, 1.82) is 0 Å². The zero-order valence-electron chi connectivity index (χ0n) is 14.0. The number of hydrogen-bond donors (Lipinski definition) is 2. The molecule has 1 heterocycles. The second-order valence-electron chi connectivity index (χ2n) is 5.13. The molecule has 0 bridgehead atoms. The summed E-state index contributed by atoms with van der Waals surface area (Å²) in [5.74, 6) is 0.472. The average molecular weight is 446 g/mol. The van der Waals surface area contributed by atoms with E-state index in [-0.39, 0.29) is 36.4 Å². The lowest BCUT2D eigenvalue weighted by molar-refractivity contribution is 0.181. The molecule has 0 spiro atoms. The Labute approximate surface area is 159 Å². The van der Waals surface area contributed by atoms with Crippen molar-refractivity contribution in [3.05, 3.63) is 59.7 Å². The maximum absolute atomic E-state index is 13.6. The number of halogens is 2. The summed E-state index contributed by atoms with van der Waals surface area (Å²) >= 11 is 0. The summed E-state index contributed by atoms with van der Waals surface area (Å²) in [6, 6.07) is 9.03. The Morgan fingerprint density at radius 2 is 2.00 bits per heavy atom. The molecule has 0 saturated heterocycles. The molecule has 0 aliphatic heterocycles. The van der Waals surface area contributed by atoms with E-state index in [4.69, 9.17) is 4.74 Å². The van der Waals surface area contributed by atoms with E-state index in [1.807, 2.05) is 24.5 Å². The van der Waals surface area contributed by atoms with Crippen molar-refractivity contribution in [3.8, 4) is 0 Å². The molecule has 0 unspecified atom stereocenters. The Hall–Kier alpha value is -1.61. The zero-order valence-corrected chi connectivity index (χ0v) is 16.3. The first kappa shape index (κ1) is 20.4. The molecule has 2 N–H and O–H groups in total. The Balaban J connectivity index is 0.00000288. The van der Waals surface area contributed by atoms with Crippen LogP contribution in [0.25, 0.3) is 0 Å². The zero-order chi connectivity index (χ0) is 16.5. The largest absolute Gasteiger partial charge is 0.380 e. The van der Waals surface area contributed by atoms with Crippen molar-refractivity contribution >= 4 is 29.9 Å². The van der Waals surface area contributed by atoms with Crippen molar-refractivity contribution in [1.82, 2.24) is 15.2 Å². The van der Waals surface area contributed by atoms with Gasteiger partial charge in [0.1, 0.15) is 5.82 Å². The van der Waals surface area contributed by atoms with Gasteiger partial charge in [0.2, 0.25) is 0 Å². The molecule has 0 atom stereocenters. The number of methoxy groups -OCH3 is 1. The highest BCUT2D eigenvalue weighted by molar-refractivity contribution is 14.0. The fraction of sp³-hybridized carbons (Fsp3) is 0.353. The minimum absolute atomic E-state index is 0. The molecule has 5 nitrogen and oxygen atoms in total. The number of nitrogens with one attached hydrogen (secondary N) is 2. The quantitative estimate of drug-likeness (QED) is 0.391. The number of aliphatic imine (C=N–C) groups is 1. The van der Waals surface area contributed by atoms with Gasteiger partial charge < -0.3 is 19.9 Å². The van der Waals surface area contributed by atoms with Gasteiger partial charge >= 0.3 is 0 Å². The lowest BCUT2D eigenvalue weighted by Gasteiger charge is -2.13. The van der Waals surface area contributed by atoms with Gasteiger partial charge in [0.05, 0.1) is 6.61 Å². The number of rotatable bonds is 7. The molecule has 7 heteroatoms. The van der Waals surface area contributed by atoms with E-state index in [2.05, 4.69) is 20.2 Å². The van der Waals surface area contributed by atoms with Crippen LogP contribution in [0, 0.1) is 5.82 Å². The van der Waals surface area contributed by atoms with Gasteiger partial charge in [0.25, 0.3) is 0 Å². The lowest BCUT2D eigenvalue weighted by atomic mass is 10.1. The first-order valence-electron chi connectivity index (χ1n) is 7.54. The number of nitrogens with zero attached hydrogens (tertiary/aromatic N) is 2. The Bertz CT molecular complexity index is 632. The maximum atomic E-state index is 13.6. The third kappa shape index (κ3) is 6.48. The fourth-order valence-corrected chi connectivity index (χ4v) is 2.23. The Morgan fingerprint density at radius 3 is 2.67 bits per heavy atom. The summed E-state index contributed by atoms with van der Waals surface area (Å²) in [6.07, 6.45) is 4.04. The van der Waals surface area contributed by atoms with Crippen molar-refractivity contribution in [2.75, 3.05) is 20.7 Å². The van der Waals surface area contributed by atoms with Crippen LogP contribution in [-0.2, 0) is 24.4 Å². The fourth-order valence-electron chi connectivity index (χ4n) is 2.23. The lowest BCUT2D eigenvalue weighted by Crippen LogP contribution is -2.38. The second-order valence-corrected chi connectivity index (χ2v) is 5.13. The molecular formula is C17H24FIN4O. The van der Waals surface area contributed by atoms with Crippen molar-refractivity contribution in [3.63, 3.8) is 0 Å². The Kier molecular flexibility index (Phi) is 9.39. The smallest absolute Gasteiger partial charge is 0.191 e. The number of guanidine groups is 1. The van der Waals surface area contributed by atoms with Crippen molar-refractivity contribution in [2.45, 2.75) is 19.7 Å². The van der Waals surface area contributed by atoms with E-state index in [9.17, 15) is 4.39 Å². The average Bonchev–Trinajstić information content (AvgIpc) is 3.07. The van der Waals surface area contributed by atoms with E-state index in [1.54, 1.807) is 26.3 Å². The first-order valence-corrected chi connectivity index (χ1v) is 7.54. The highest BCUT2D eigenvalue weighted by Crippen LogP contribution is 2.11. The normalized spacial score (nSPS) is 11.0. The minimum atomic E-state index is -0.246. The van der Waals surface area contributed by atoms with Gasteiger partial charge in [-0.25, -0.2) is 4.39 Å². The topological polar surface area (TPSA) is 50.6 Å². The highest BCUT2D eigenvalue weighted by atomic mass is 127. The molecule has 0 fully saturated rings. The third-order valence-electron chi connectivity index (χ3n) is 3.42. The molecule has 132 valence electrons. The van der Waals surface area contributed by atoms with Crippen molar-refractivity contribution < 1.29 is 9.13 Å². The summed E-state index contributed by atoms with van der Waals surface area (Å²) < 4.78 is 20.7. The second kappa shape index (κ2) is 11.0. The summed E-state index contributed by atoms with van der Waals surface area (Å²) in [6.45, 7) is 2.47. The van der Waals surface area contributed by atoms with Crippen LogP contribution >= 0.6 is 24.0 Å². The van der Waals surface area contributed by atoms with Crippen LogP contribution in [0.15, 0.2) is 47.7 Å². The Morgan fingerprint density at radius 1 is 1.25 bits per heavy atom. The maximum Gasteiger partial charge on any atom is 0.191 e. The number of hydrogen-bond acceptors (Lipinski definition) is 2. The molecule has 2 aromatic rings. The summed E-state index contributed by atoms with van der Waals surface area (Å²) in [5, 5.41) is 6.47. The van der Waals surface area contributed by atoms with Crippen LogP contribution in [0.2, 0.25) is 0 Å². The predicted octanol–water partition coefficient (Wildman–Crippen LogP) is 2.76. The molecule has 0 aliphatic rings. The molecule has 0 saturated carbocycles. The van der Waals surface area contributed by atoms with E-state index < -0.39 is 0 Å². The van der Waals surface area contributed by atoms with E-state index in [1.165, 1.54) is 6.07 Å². The minimum Gasteiger partial charge on any atom is -0.380 e. The van der Waals surface area contributed by atoms with Crippen LogP contribution in [0.1, 0.15) is 11.1 Å². The number of ether oxygens (including phenoxy) is 1. The van der Waals surface area contributed by atoms with Crippen molar-refractivity contribution in [2.24, 2.45) is 4.99 Å². The third-order valence-corrected chi connectivity index (χ3v) is 3.42. The molecule has 1 aromatic heterocycles. The van der Waals surface area contributed by atoms with Gasteiger partial charge in [-0.05, 0) is 29.8 Å². The monoisotopic (exact) mass is 446 g/mol. The SMILES string of the molecule is CN=C(NCCn1cccc1)NCc1ccc(F)c(COC)c1.I. The number of aromatic nitrogens is 1. The van der Waals surface area contributed by atoms with Gasteiger partial charge in [0.15, 0.2) is 5.96 Å². The first-order chi connectivity index (χ1) is 11.2. The van der Waals surface area contributed by atoms with Crippen LogP contribution in [0.3, 0.4) is 0 Å². The molecular weight excluding hydrogens is 422 g/mol. The molecule has 0 amide bonds. The molecule has 0 radical (unpaired) electrons. The molecule has 1 aromatic carbocycles. The number of benzene rings is 1. The summed E-state index contributed by atoms with van der Waals surface area (Å²) in [7, 11) is 3.28. The molecule has 24 heavy (non-hydrogen) atoms. The van der Waals surface area contributed by atoms with Gasteiger partial charge in [-0.1, -0.05) is 6.07 Å². The van der Waals surface area contributed by atoms with Crippen LogP contribution < -0.4 is 10.6 Å². The van der Waals surface area contributed by atoms with Gasteiger partial charge in [-0.3, -0.25) is 4.99 Å². The van der Waals surface area contributed by atoms with Crippen LogP contribution in [0.4, 0.5) is 4.39 Å². The standard InChI is InChI=1S/C17H23FN4O.HI/c1-19-17(20-7-10-22-8-3-4-9-22)21-12-14-5-6-16(18)15(11-14)13-23-2;/h3-6,8-9,11H,7,10,12-13H2,1-2H3,(H2,19,20,21);1H. The highest BCUT2D eigenvalue weighted by Gasteiger charge is 2.04. The van der Waals surface area contributed by atoms with Gasteiger partial charge in [-0.15, -0.1) is 24.0 Å². The van der Waals surface area contributed by atoms with Gasteiger partial charge in [0, 0.05) is 51.7 Å². The predicted molar refractivity (Wildman–Crippen MR) is 105 cm³/mol. The van der Waals surface area contributed by atoms with E-state index in [0.717, 1.165) is 24.6 Å².